The van der Waals surface area contributed by atoms with E-state index in [1.807, 2.05) is 0 Å². The van der Waals surface area contributed by atoms with Crippen LogP contribution in [0.5, 0.6) is 0 Å². The molecule has 6 nitrogen and oxygen atoms in total. The van der Waals surface area contributed by atoms with E-state index in [2.05, 4.69) is 0 Å². The summed E-state index contributed by atoms with van der Waals surface area (Å²) in [6.07, 6.45) is 1.03. The molecule has 0 heterocycles. The van der Waals surface area contributed by atoms with Crippen molar-refractivity contribution < 1.29 is 19.8 Å². The van der Waals surface area contributed by atoms with Gasteiger partial charge in [0.25, 0.3) is 0 Å². The monoisotopic (exact) mass is 478 g/mol. The lowest BCUT2D eigenvalue weighted by Crippen LogP contribution is -2.50. The molecule has 4 rings (SSSR count). The molecule has 0 saturated heterocycles. The van der Waals surface area contributed by atoms with Gasteiger partial charge in [0.2, 0.25) is 0 Å². The van der Waals surface area contributed by atoms with Crippen LogP contribution in [0.15, 0.2) is 48.5 Å². The number of hydrogen-bond acceptors (Lipinski definition) is 6. The van der Waals surface area contributed by atoms with Gasteiger partial charge < -0.3 is 21.7 Å². The average molecular weight is 479 g/mol. The van der Waals surface area contributed by atoms with Crippen LogP contribution in [0.4, 0.5) is 0 Å². The predicted molar refractivity (Wildman–Crippen MR) is 124 cm³/mol. The van der Waals surface area contributed by atoms with Crippen LogP contribution in [-0.2, 0) is 20.7 Å². The number of hydrogen-bond donors (Lipinski definition) is 4. The van der Waals surface area contributed by atoms with Gasteiger partial charge in [-0.15, -0.1) is 0 Å². The summed E-state index contributed by atoms with van der Waals surface area (Å²) >= 11 is 12.1. The van der Waals surface area contributed by atoms with Gasteiger partial charge in [-0.25, -0.2) is 0 Å². The number of nitrogens with two attached hydrogens (primary N) is 2. The molecule has 32 heavy (non-hydrogen) atoms. The largest absolute Gasteiger partial charge is 0.393 e. The molecule has 0 spiro atoms. The molecular weight excluding hydrogens is 451 g/mol. The van der Waals surface area contributed by atoms with E-state index in [0.717, 1.165) is 0 Å². The van der Waals surface area contributed by atoms with Crippen molar-refractivity contribution in [2.24, 2.45) is 11.5 Å². The third-order valence-electron chi connectivity index (χ3n) is 6.23. The minimum Gasteiger partial charge on any atom is -0.393 e. The highest BCUT2D eigenvalue weighted by molar-refractivity contribution is 6.32. The van der Waals surface area contributed by atoms with Crippen LogP contribution in [0, 0.1) is 0 Å². The van der Waals surface area contributed by atoms with Crippen LogP contribution in [0.3, 0.4) is 0 Å². The summed E-state index contributed by atoms with van der Waals surface area (Å²) in [4.78, 5) is 23.8. The van der Waals surface area contributed by atoms with E-state index >= 15 is 0 Å². The highest BCUT2D eigenvalue weighted by Gasteiger charge is 2.43. The standard InChI is InChI=1S/2C12H14ClNO2/c2*13-10-4-2-1-3-9(10)12(14)7-8(15)5-6-11(12)16/h2*1-4,8,15H,5-7,14H2/t2*8-,12-/m00/s1. The quantitative estimate of drug-likeness (QED) is 0.524. The Bertz CT molecular complexity index is 922. The SMILES string of the molecule is N[C@]1(c2ccccc2Cl)C[C@@H](O)CCC1=O.N[C@]1(c2ccccc2Cl)C[C@@H](O)CCC1=O. The van der Waals surface area contributed by atoms with Crippen molar-refractivity contribution in [2.45, 2.75) is 61.8 Å². The van der Waals surface area contributed by atoms with E-state index in [1.54, 1.807) is 48.5 Å². The third-order valence-corrected chi connectivity index (χ3v) is 6.89. The molecule has 2 aromatic carbocycles. The molecule has 2 fully saturated rings. The number of halogens is 2. The van der Waals surface area contributed by atoms with Gasteiger partial charge in [0.05, 0.1) is 12.2 Å². The van der Waals surface area contributed by atoms with Crippen molar-refractivity contribution in [1.82, 2.24) is 0 Å². The molecule has 0 amide bonds. The molecule has 4 atom stereocenters. The molecule has 0 unspecified atom stereocenters. The minimum atomic E-state index is -1.13. The first-order valence-corrected chi connectivity index (χ1v) is 11.3. The van der Waals surface area contributed by atoms with Gasteiger partial charge in [0.15, 0.2) is 11.6 Å². The lowest BCUT2D eigenvalue weighted by molar-refractivity contribution is -0.129. The Labute approximate surface area is 197 Å². The van der Waals surface area contributed by atoms with E-state index in [0.29, 0.717) is 46.9 Å². The maximum Gasteiger partial charge on any atom is 0.157 e. The predicted octanol–water partition coefficient (Wildman–Crippen LogP) is 3.22. The van der Waals surface area contributed by atoms with Gasteiger partial charge in [-0.2, -0.15) is 0 Å². The number of Topliss-reactive ketones (excluding diaryl/α,β-unsaturated/α-hetero) is 2. The maximum absolute atomic E-state index is 11.9. The fourth-order valence-corrected chi connectivity index (χ4v) is 4.99. The van der Waals surface area contributed by atoms with Crippen LogP contribution in [0.2, 0.25) is 10.0 Å². The highest BCUT2D eigenvalue weighted by Crippen LogP contribution is 2.37. The fourth-order valence-electron chi connectivity index (χ4n) is 4.38. The minimum absolute atomic E-state index is 0.0501. The van der Waals surface area contributed by atoms with Crippen LogP contribution in [0.1, 0.15) is 49.7 Å². The van der Waals surface area contributed by atoms with E-state index in [1.165, 1.54) is 0 Å². The van der Waals surface area contributed by atoms with E-state index < -0.39 is 23.3 Å². The van der Waals surface area contributed by atoms with E-state index in [-0.39, 0.29) is 24.4 Å². The van der Waals surface area contributed by atoms with Crippen molar-refractivity contribution in [2.75, 3.05) is 0 Å². The van der Waals surface area contributed by atoms with Gasteiger partial charge in [-0.3, -0.25) is 9.59 Å². The number of benzene rings is 2. The number of aliphatic hydroxyl groups excluding tert-OH is 2. The number of carbonyl (C=O) groups excluding carboxylic acids is 2. The highest BCUT2D eigenvalue weighted by atomic mass is 35.5. The summed E-state index contributed by atoms with van der Waals surface area (Å²) in [6, 6.07) is 14.1. The molecule has 2 aliphatic rings. The van der Waals surface area contributed by atoms with Crippen molar-refractivity contribution in [3.05, 3.63) is 69.7 Å². The molecule has 8 heteroatoms. The normalized spacial score (nSPS) is 30.4. The van der Waals surface area contributed by atoms with Crippen LogP contribution in [0.25, 0.3) is 0 Å². The van der Waals surface area contributed by atoms with Crippen LogP contribution < -0.4 is 11.5 Å². The molecule has 2 aliphatic carbocycles. The van der Waals surface area contributed by atoms with E-state index in [4.69, 9.17) is 34.7 Å². The summed E-state index contributed by atoms with van der Waals surface area (Å²) in [5, 5.41) is 20.2. The molecule has 0 radical (unpaired) electrons. The molecule has 2 aromatic rings. The van der Waals surface area contributed by atoms with Gasteiger partial charge in [-0.1, -0.05) is 59.6 Å². The van der Waals surface area contributed by atoms with E-state index in [9.17, 15) is 19.8 Å². The Hall–Kier alpha value is -1.80. The van der Waals surface area contributed by atoms with Crippen molar-refractivity contribution in [1.29, 1.82) is 0 Å². The first-order chi connectivity index (χ1) is 15.1. The second-order valence-electron chi connectivity index (χ2n) is 8.54. The zero-order chi connectivity index (χ0) is 23.5. The smallest absolute Gasteiger partial charge is 0.157 e. The summed E-state index contributed by atoms with van der Waals surface area (Å²) in [7, 11) is 0. The molecule has 6 N–H and O–H groups in total. The average Bonchev–Trinajstić information content (AvgIpc) is 2.75. The number of rotatable bonds is 2. The lowest BCUT2D eigenvalue weighted by Gasteiger charge is -2.35. The second kappa shape index (κ2) is 10.00. The van der Waals surface area contributed by atoms with Crippen LogP contribution >= 0.6 is 23.2 Å². The Kier molecular flexibility index (Phi) is 7.76. The number of carbonyl (C=O) groups is 2. The molecule has 0 aromatic heterocycles. The first-order valence-electron chi connectivity index (χ1n) is 10.6. The fraction of sp³-hybridized carbons (Fsp3) is 0.417. The summed E-state index contributed by atoms with van der Waals surface area (Å²) in [5.74, 6) is -0.100. The first kappa shape index (κ1) is 24.8. The zero-order valence-electron chi connectivity index (χ0n) is 17.6. The van der Waals surface area contributed by atoms with Crippen LogP contribution in [-0.4, -0.2) is 34.0 Å². The Morgan fingerprint density at radius 3 is 1.41 bits per heavy atom. The van der Waals surface area contributed by atoms with Crippen molar-refractivity contribution >= 4 is 34.8 Å². The van der Waals surface area contributed by atoms with Gasteiger partial charge in [-0.05, 0) is 36.1 Å². The molecule has 0 aliphatic heterocycles. The van der Waals surface area contributed by atoms with Gasteiger partial charge >= 0.3 is 0 Å². The van der Waals surface area contributed by atoms with Crippen molar-refractivity contribution in [3.63, 3.8) is 0 Å². The second-order valence-corrected chi connectivity index (χ2v) is 9.36. The summed E-state index contributed by atoms with van der Waals surface area (Å²) in [6.45, 7) is 0. The maximum atomic E-state index is 11.9. The molecule has 172 valence electrons. The topological polar surface area (TPSA) is 127 Å². The third kappa shape index (κ3) is 5.06. The van der Waals surface area contributed by atoms with Gasteiger partial charge in [0, 0.05) is 35.7 Å². The Balaban J connectivity index is 0.000000181. The Morgan fingerprint density at radius 2 is 1.06 bits per heavy atom. The Morgan fingerprint density at radius 1 is 0.719 bits per heavy atom. The van der Waals surface area contributed by atoms with Crippen molar-refractivity contribution in [3.8, 4) is 0 Å². The van der Waals surface area contributed by atoms with Gasteiger partial charge in [0.1, 0.15) is 11.1 Å². The number of aliphatic hydroxyl groups is 2. The summed E-state index contributed by atoms with van der Waals surface area (Å²) in [5.41, 5.74) is 11.2. The molecule has 0 bridgehead atoms. The lowest BCUT2D eigenvalue weighted by atomic mass is 9.75. The summed E-state index contributed by atoms with van der Waals surface area (Å²) < 4.78 is 0. The zero-order valence-corrected chi connectivity index (χ0v) is 19.1. The number of ketones is 2. The molecular formula is C24H28Cl2N2O4. The molecule has 2 saturated carbocycles.